The van der Waals surface area contributed by atoms with E-state index in [2.05, 4.69) is 10.3 Å². The van der Waals surface area contributed by atoms with Crippen LogP contribution in [0.1, 0.15) is 49.8 Å². The van der Waals surface area contributed by atoms with Gasteiger partial charge >= 0.3 is 5.97 Å². The minimum absolute atomic E-state index is 0.0872. The summed E-state index contributed by atoms with van der Waals surface area (Å²) in [5.41, 5.74) is 0.709. The number of likely N-dealkylation sites (tertiary alicyclic amines) is 1. The zero-order chi connectivity index (χ0) is 20.5. The molecule has 1 aliphatic heterocycles. The maximum Gasteiger partial charge on any atom is 0.311 e. The molecule has 0 radical (unpaired) electrons. The van der Waals surface area contributed by atoms with E-state index in [9.17, 15) is 14.7 Å². The van der Waals surface area contributed by atoms with Crippen molar-refractivity contribution < 1.29 is 19.4 Å². The number of hydrogen-bond donors (Lipinski definition) is 1. The Balaban J connectivity index is 1.81. The lowest BCUT2D eigenvalue weighted by atomic mass is 9.82. The highest BCUT2D eigenvalue weighted by molar-refractivity contribution is 5.94. The lowest BCUT2D eigenvalue weighted by Gasteiger charge is -2.37. The third-order valence-corrected chi connectivity index (χ3v) is 5.05. The van der Waals surface area contributed by atoms with E-state index in [4.69, 9.17) is 4.74 Å². The third-order valence-electron chi connectivity index (χ3n) is 5.05. The Hall–Kier alpha value is -2.90. The SMILES string of the molecule is Cc1c(C(=O)N2CCCC(C)(C(=O)O)C2)nnn1-c1ccc(OC(C)C)cc1. The summed E-state index contributed by atoms with van der Waals surface area (Å²) in [6.45, 7) is 8.09. The van der Waals surface area contributed by atoms with Crippen LogP contribution in [-0.2, 0) is 4.79 Å². The molecular formula is C20H26N4O4. The molecule has 0 saturated carbocycles. The summed E-state index contributed by atoms with van der Waals surface area (Å²) in [5, 5.41) is 17.7. The molecule has 8 nitrogen and oxygen atoms in total. The van der Waals surface area contributed by atoms with E-state index < -0.39 is 11.4 Å². The Morgan fingerprint density at radius 3 is 2.54 bits per heavy atom. The first-order chi connectivity index (χ1) is 13.2. The Bertz CT molecular complexity index is 875. The first-order valence-electron chi connectivity index (χ1n) is 9.43. The fourth-order valence-electron chi connectivity index (χ4n) is 3.45. The number of piperidine rings is 1. The number of carboxylic acids is 1. The van der Waals surface area contributed by atoms with E-state index in [0.717, 1.165) is 11.4 Å². The van der Waals surface area contributed by atoms with E-state index in [1.54, 1.807) is 23.4 Å². The van der Waals surface area contributed by atoms with Gasteiger partial charge in [0.25, 0.3) is 5.91 Å². The van der Waals surface area contributed by atoms with Crippen LogP contribution in [0.5, 0.6) is 5.75 Å². The van der Waals surface area contributed by atoms with E-state index in [1.807, 2.05) is 38.1 Å². The predicted molar refractivity (Wildman–Crippen MR) is 103 cm³/mol. The quantitative estimate of drug-likeness (QED) is 0.848. The average Bonchev–Trinajstić information content (AvgIpc) is 3.02. The Labute approximate surface area is 164 Å². The van der Waals surface area contributed by atoms with E-state index in [1.165, 1.54) is 0 Å². The van der Waals surface area contributed by atoms with Crippen molar-refractivity contribution >= 4 is 11.9 Å². The molecule has 1 aliphatic rings. The summed E-state index contributed by atoms with van der Waals surface area (Å²) in [7, 11) is 0. The minimum atomic E-state index is -0.927. The van der Waals surface area contributed by atoms with E-state index in [-0.39, 0.29) is 24.2 Å². The third kappa shape index (κ3) is 3.85. The molecule has 1 unspecified atom stereocenters. The first-order valence-corrected chi connectivity index (χ1v) is 9.43. The maximum atomic E-state index is 12.9. The molecule has 1 N–H and O–H groups in total. The summed E-state index contributed by atoms with van der Waals surface area (Å²) in [6, 6.07) is 7.41. The second-order valence-electron chi connectivity index (χ2n) is 7.79. The molecule has 1 fully saturated rings. The van der Waals surface area contributed by atoms with Crippen molar-refractivity contribution in [3.63, 3.8) is 0 Å². The molecule has 0 aliphatic carbocycles. The van der Waals surface area contributed by atoms with Crippen molar-refractivity contribution in [3.8, 4) is 11.4 Å². The van der Waals surface area contributed by atoms with Gasteiger partial charge in [-0.15, -0.1) is 5.10 Å². The van der Waals surface area contributed by atoms with Gasteiger partial charge in [-0.3, -0.25) is 9.59 Å². The summed E-state index contributed by atoms with van der Waals surface area (Å²) < 4.78 is 7.25. The van der Waals surface area contributed by atoms with Gasteiger partial charge in [-0.05, 0) is 64.8 Å². The number of carboxylic acid groups (broad SMARTS) is 1. The molecule has 28 heavy (non-hydrogen) atoms. The number of nitrogens with zero attached hydrogens (tertiary/aromatic N) is 4. The number of aliphatic carboxylic acids is 1. The molecule has 1 aromatic heterocycles. The van der Waals surface area contributed by atoms with Gasteiger partial charge in [-0.1, -0.05) is 5.21 Å². The molecule has 0 bridgehead atoms. The van der Waals surface area contributed by atoms with Gasteiger partial charge in [0.1, 0.15) is 5.75 Å². The largest absolute Gasteiger partial charge is 0.491 e. The molecule has 150 valence electrons. The monoisotopic (exact) mass is 386 g/mol. The van der Waals surface area contributed by atoms with Crippen LogP contribution in [0.15, 0.2) is 24.3 Å². The number of carbonyl (C=O) groups is 2. The molecule has 2 aromatic rings. The predicted octanol–water partition coefficient (Wildman–Crippen LogP) is 2.69. The first kappa shape index (κ1) is 19.9. The summed E-state index contributed by atoms with van der Waals surface area (Å²) in [6.07, 6.45) is 1.30. The number of benzene rings is 1. The highest BCUT2D eigenvalue weighted by Crippen LogP contribution is 2.30. The molecule has 1 amide bonds. The van der Waals surface area contributed by atoms with Crippen LogP contribution in [0.25, 0.3) is 5.69 Å². The maximum absolute atomic E-state index is 12.9. The standard InChI is InChI=1S/C20H26N4O4/c1-13(2)28-16-8-6-15(7-9-16)24-14(3)17(21-22-24)18(25)23-11-5-10-20(4,12-23)19(26)27/h6-9,13H,5,10-12H2,1-4H3,(H,26,27). The van der Waals surface area contributed by atoms with Crippen molar-refractivity contribution in [2.24, 2.45) is 5.41 Å². The van der Waals surface area contributed by atoms with E-state index in [0.29, 0.717) is 25.1 Å². The molecule has 8 heteroatoms. The van der Waals surface area contributed by atoms with Crippen LogP contribution < -0.4 is 4.74 Å². The Morgan fingerprint density at radius 1 is 1.25 bits per heavy atom. The van der Waals surface area contributed by atoms with Crippen LogP contribution in [0.4, 0.5) is 0 Å². The zero-order valence-electron chi connectivity index (χ0n) is 16.7. The minimum Gasteiger partial charge on any atom is -0.491 e. The number of carbonyl (C=O) groups excluding carboxylic acids is 1. The summed E-state index contributed by atoms with van der Waals surface area (Å²) in [5.74, 6) is -0.404. The average molecular weight is 386 g/mol. The van der Waals surface area contributed by atoms with Gasteiger partial charge in [-0.25, -0.2) is 4.68 Å². The summed E-state index contributed by atoms with van der Waals surface area (Å²) >= 11 is 0. The van der Waals surface area contributed by atoms with Gasteiger partial charge in [-0.2, -0.15) is 0 Å². The summed E-state index contributed by atoms with van der Waals surface area (Å²) in [4.78, 5) is 26.1. The van der Waals surface area contributed by atoms with Crippen molar-refractivity contribution in [3.05, 3.63) is 35.7 Å². The van der Waals surface area contributed by atoms with Gasteiger partial charge < -0.3 is 14.7 Å². The Kier molecular flexibility index (Phi) is 5.40. The van der Waals surface area contributed by atoms with Crippen LogP contribution in [0, 0.1) is 12.3 Å². The zero-order valence-corrected chi connectivity index (χ0v) is 16.7. The van der Waals surface area contributed by atoms with Crippen molar-refractivity contribution in [2.45, 2.75) is 46.6 Å². The van der Waals surface area contributed by atoms with Gasteiger partial charge in [0.15, 0.2) is 5.69 Å². The van der Waals surface area contributed by atoms with Crippen molar-refractivity contribution in [2.75, 3.05) is 13.1 Å². The Morgan fingerprint density at radius 2 is 1.93 bits per heavy atom. The number of rotatable bonds is 5. The normalized spacial score (nSPS) is 19.7. The highest BCUT2D eigenvalue weighted by Gasteiger charge is 2.40. The van der Waals surface area contributed by atoms with Gasteiger partial charge in [0.05, 0.1) is 22.9 Å². The molecule has 1 saturated heterocycles. The highest BCUT2D eigenvalue weighted by atomic mass is 16.5. The number of hydrogen-bond acceptors (Lipinski definition) is 5. The lowest BCUT2D eigenvalue weighted by Crippen LogP contribution is -2.48. The number of ether oxygens (including phenoxy) is 1. The fourth-order valence-corrected chi connectivity index (χ4v) is 3.45. The number of aromatic nitrogens is 3. The topological polar surface area (TPSA) is 97.5 Å². The van der Waals surface area contributed by atoms with Gasteiger partial charge in [0.2, 0.25) is 0 Å². The second-order valence-corrected chi connectivity index (χ2v) is 7.79. The molecule has 3 rings (SSSR count). The van der Waals surface area contributed by atoms with Crippen LogP contribution in [-0.4, -0.2) is 56.1 Å². The number of amides is 1. The second kappa shape index (κ2) is 7.61. The van der Waals surface area contributed by atoms with E-state index >= 15 is 0 Å². The van der Waals surface area contributed by atoms with Crippen molar-refractivity contribution in [1.82, 2.24) is 19.9 Å². The smallest absolute Gasteiger partial charge is 0.311 e. The van der Waals surface area contributed by atoms with Crippen molar-refractivity contribution in [1.29, 1.82) is 0 Å². The van der Waals surface area contributed by atoms with Crippen LogP contribution >= 0.6 is 0 Å². The molecule has 1 atom stereocenters. The molecule has 0 spiro atoms. The fraction of sp³-hybridized carbons (Fsp3) is 0.500. The van der Waals surface area contributed by atoms with Crippen LogP contribution in [0.3, 0.4) is 0 Å². The molecular weight excluding hydrogens is 360 g/mol. The lowest BCUT2D eigenvalue weighted by molar-refractivity contribution is -0.150. The molecule has 2 heterocycles. The van der Waals surface area contributed by atoms with Gasteiger partial charge in [0, 0.05) is 13.1 Å². The van der Waals surface area contributed by atoms with Crippen LogP contribution in [0.2, 0.25) is 0 Å². The molecule has 1 aromatic carbocycles.